The van der Waals surface area contributed by atoms with E-state index in [9.17, 15) is 0 Å². The number of hydrogen-bond donors (Lipinski definition) is 1. The molecule has 4 nitrogen and oxygen atoms in total. The lowest BCUT2D eigenvalue weighted by Crippen LogP contribution is -2.01. The van der Waals surface area contributed by atoms with Gasteiger partial charge in [0.25, 0.3) is 0 Å². The summed E-state index contributed by atoms with van der Waals surface area (Å²) in [5.41, 5.74) is 5.45. The van der Waals surface area contributed by atoms with Gasteiger partial charge in [-0.15, -0.1) is 0 Å². The molecule has 0 aromatic carbocycles. The number of aryl methyl sites for hydroxylation is 2. The molecule has 2 aromatic rings. The van der Waals surface area contributed by atoms with Crippen LogP contribution in [0.5, 0.6) is 0 Å². The van der Waals surface area contributed by atoms with Gasteiger partial charge >= 0.3 is 0 Å². The van der Waals surface area contributed by atoms with E-state index in [1.807, 2.05) is 26.2 Å². The molecule has 0 bridgehead atoms. The van der Waals surface area contributed by atoms with Crippen molar-refractivity contribution in [2.45, 2.75) is 26.9 Å². The van der Waals surface area contributed by atoms with Crippen molar-refractivity contribution in [1.82, 2.24) is 20.3 Å². The van der Waals surface area contributed by atoms with E-state index in [1.165, 1.54) is 5.56 Å². The Kier molecular flexibility index (Phi) is 2.37. The molecule has 0 saturated heterocycles. The fraction of sp³-hybridized carbons (Fsp3) is 0.308. The maximum absolute atomic E-state index is 4.58. The van der Waals surface area contributed by atoms with Gasteiger partial charge in [-0.3, -0.25) is 4.98 Å². The van der Waals surface area contributed by atoms with Gasteiger partial charge in [-0.2, -0.15) is 0 Å². The SMILES string of the molecule is Cc1cnc(-c2ncc3c(n2)CNC3)c(C)c1. The molecule has 3 heterocycles. The highest BCUT2D eigenvalue weighted by molar-refractivity contribution is 5.55. The smallest absolute Gasteiger partial charge is 0.178 e. The zero-order chi connectivity index (χ0) is 11.8. The Labute approximate surface area is 100 Å². The van der Waals surface area contributed by atoms with Gasteiger partial charge < -0.3 is 5.32 Å². The molecule has 86 valence electrons. The van der Waals surface area contributed by atoms with E-state index in [2.05, 4.69) is 26.3 Å². The number of fused-ring (bicyclic) bond motifs is 1. The highest BCUT2D eigenvalue weighted by Crippen LogP contribution is 2.20. The molecule has 0 radical (unpaired) electrons. The third-order valence-electron chi connectivity index (χ3n) is 2.99. The Morgan fingerprint density at radius 1 is 1.12 bits per heavy atom. The molecular formula is C13H14N4. The first kappa shape index (κ1) is 10.4. The van der Waals surface area contributed by atoms with Crippen molar-refractivity contribution >= 4 is 0 Å². The van der Waals surface area contributed by atoms with Crippen molar-refractivity contribution < 1.29 is 0 Å². The normalized spacial score (nSPS) is 13.8. The van der Waals surface area contributed by atoms with E-state index < -0.39 is 0 Å². The zero-order valence-corrected chi connectivity index (χ0v) is 9.99. The molecule has 0 unspecified atom stereocenters. The summed E-state index contributed by atoms with van der Waals surface area (Å²) in [6, 6.07) is 2.11. The minimum Gasteiger partial charge on any atom is -0.307 e. The second-order valence-electron chi connectivity index (χ2n) is 4.45. The van der Waals surface area contributed by atoms with E-state index >= 15 is 0 Å². The summed E-state index contributed by atoms with van der Waals surface area (Å²) >= 11 is 0. The molecule has 0 spiro atoms. The minimum atomic E-state index is 0.727. The average Bonchev–Trinajstić information content (AvgIpc) is 2.75. The first-order valence-corrected chi connectivity index (χ1v) is 5.73. The summed E-state index contributed by atoms with van der Waals surface area (Å²) in [6.07, 6.45) is 3.76. The number of pyridine rings is 1. The average molecular weight is 226 g/mol. The molecular weight excluding hydrogens is 212 g/mol. The van der Waals surface area contributed by atoms with E-state index in [0.717, 1.165) is 41.4 Å². The Morgan fingerprint density at radius 3 is 2.82 bits per heavy atom. The van der Waals surface area contributed by atoms with Crippen LogP contribution in [-0.2, 0) is 13.1 Å². The summed E-state index contributed by atoms with van der Waals surface area (Å²) in [7, 11) is 0. The molecule has 1 aliphatic heterocycles. The summed E-state index contributed by atoms with van der Waals surface area (Å²) in [4.78, 5) is 13.4. The van der Waals surface area contributed by atoms with Crippen LogP contribution in [0, 0.1) is 13.8 Å². The third-order valence-corrected chi connectivity index (χ3v) is 2.99. The van der Waals surface area contributed by atoms with Crippen molar-refractivity contribution in [3.63, 3.8) is 0 Å². The molecule has 17 heavy (non-hydrogen) atoms. The van der Waals surface area contributed by atoms with E-state index in [0.29, 0.717) is 0 Å². The number of rotatable bonds is 1. The predicted octanol–water partition coefficient (Wildman–Crippen LogP) is 1.76. The molecule has 0 amide bonds. The molecule has 0 saturated carbocycles. The molecule has 1 aliphatic rings. The highest BCUT2D eigenvalue weighted by Gasteiger charge is 2.15. The molecule has 4 heteroatoms. The van der Waals surface area contributed by atoms with Gasteiger partial charge in [-0.1, -0.05) is 6.07 Å². The Morgan fingerprint density at radius 2 is 2.00 bits per heavy atom. The Bertz CT molecular complexity index is 578. The van der Waals surface area contributed by atoms with Crippen molar-refractivity contribution in [2.75, 3.05) is 0 Å². The van der Waals surface area contributed by atoms with Crippen LogP contribution < -0.4 is 5.32 Å². The van der Waals surface area contributed by atoms with Crippen LogP contribution >= 0.6 is 0 Å². The van der Waals surface area contributed by atoms with Crippen molar-refractivity contribution in [3.8, 4) is 11.5 Å². The van der Waals surface area contributed by atoms with Crippen molar-refractivity contribution in [2.24, 2.45) is 0 Å². The first-order valence-electron chi connectivity index (χ1n) is 5.73. The molecule has 1 N–H and O–H groups in total. The van der Waals surface area contributed by atoms with Crippen LogP contribution in [0.25, 0.3) is 11.5 Å². The second-order valence-corrected chi connectivity index (χ2v) is 4.45. The molecule has 0 aliphatic carbocycles. The maximum atomic E-state index is 4.58. The van der Waals surface area contributed by atoms with E-state index in [1.54, 1.807) is 0 Å². The van der Waals surface area contributed by atoms with Crippen molar-refractivity contribution in [1.29, 1.82) is 0 Å². The van der Waals surface area contributed by atoms with Gasteiger partial charge in [-0.05, 0) is 25.0 Å². The van der Waals surface area contributed by atoms with E-state index in [4.69, 9.17) is 0 Å². The van der Waals surface area contributed by atoms with Gasteiger partial charge in [0.05, 0.1) is 5.69 Å². The van der Waals surface area contributed by atoms with Gasteiger partial charge in [0.2, 0.25) is 0 Å². The predicted molar refractivity (Wildman–Crippen MR) is 65.3 cm³/mol. The first-order chi connectivity index (χ1) is 8.24. The number of nitrogens with zero attached hydrogens (tertiary/aromatic N) is 3. The Balaban J connectivity index is 2.09. The van der Waals surface area contributed by atoms with Gasteiger partial charge in [0, 0.05) is 31.0 Å². The Hall–Kier alpha value is -1.81. The monoisotopic (exact) mass is 226 g/mol. The fourth-order valence-electron chi connectivity index (χ4n) is 2.12. The molecule has 0 atom stereocenters. The van der Waals surface area contributed by atoms with Crippen LogP contribution in [0.4, 0.5) is 0 Å². The van der Waals surface area contributed by atoms with E-state index in [-0.39, 0.29) is 0 Å². The zero-order valence-electron chi connectivity index (χ0n) is 9.99. The van der Waals surface area contributed by atoms with Crippen LogP contribution in [0.2, 0.25) is 0 Å². The van der Waals surface area contributed by atoms with Gasteiger partial charge in [0.1, 0.15) is 5.69 Å². The summed E-state index contributed by atoms with van der Waals surface area (Å²) < 4.78 is 0. The van der Waals surface area contributed by atoms with Crippen LogP contribution in [0.1, 0.15) is 22.4 Å². The summed E-state index contributed by atoms with van der Waals surface area (Å²) in [6.45, 7) is 5.78. The van der Waals surface area contributed by atoms with Gasteiger partial charge in [0.15, 0.2) is 5.82 Å². The largest absolute Gasteiger partial charge is 0.307 e. The third kappa shape index (κ3) is 1.80. The quantitative estimate of drug-likeness (QED) is 0.805. The summed E-state index contributed by atoms with van der Waals surface area (Å²) in [5, 5.41) is 3.27. The lowest BCUT2D eigenvalue weighted by atomic mass is 10.1. The number of aromatic nitrogens is 3. The van der Waals surface area contributed by atoms with Crippen molar-refractivity contribution in [3.05, 3.63) is 40.8 Å². The van der Waals surface area contributed by atoms with Crippen LogP contribution in [0.3, 0.4) is 0 Å². The maximum Gasteiger partial charge on any atom is 0.178 e. The standard InChI is InChI=1S/C13H14N4/c1-8-3-9(2)12(15-4-8)13-16-6-10-5-14-7-11(10)17-13/h3-4,6,14H,5,7H2,1-2H3. The summed E-state index contributed by atoms with van der Waals surface area (Å²) in [5.74, 6) is 0.727. The molecule has 3 rings (SSSR count). The molecule has 2 aromatic heterocycles. The second kappa shape index (κ2) is 3.89. The lowest BCUT2D eigenvalue weighted by molar-refractivity contribution is 0.758. The van der Waals surface area contributed by atoms with Crippen LogP contribution in [0.15, 0.2) is 18.5 Å². The highest BCUT2D eigenvalue weighted by atomic mass is 15.0. The fourth-order valence-corrected chi connectivity index (χ4v) is 2.12. The number of hydrogen-bond acceptors (Lipinski definition) is 4. The molecule has 0 fully saturated rings. The lowest BCUT2D eigenvalue weighted by Gasteiger charge is -2.05. The van der Waals surface area contributed by atoms with Gasteiger partial charge in [-0.25, -0.2) is 9.97 Å². The topological polar surface area (TPSA) is 50.7 Å². The minimum absolute atomic E-state index is 0.727. The van der Waals surface area contributed by atoms with Crippen LogP contribution in [-0.4, -0.2) is 15.0 Å². The number of nitrogens with one attached hydrogen (secondary N) is 1.